The lowest BCUT2D eigenvalue weighted by Crippen LogP contribution is -2.32. The minimum absolute atomic E-state index is 0.0145. The second-order valence-electron chi connectivity index (χ2n) is 4.40. The van der Waals surface area contributed by atoms with E-state index in [1.165, 1.54) is 6.07 Å². The summed E-state index contributed by atoms with van der Waals surface area (Å²) in [5.41, 5.74) is -0.102. The highest BCUT2D eigenvalue weighted by Crippen LogP contribution is 2.20. The van der Waals surface area contributed by atoms with Gasteiger partial charge in [0, 0.05) is 24.8 Å². The summed E-state index contributed by atoms with van der Waals surface area (Å²) >= 11 is 0. The summed E-state index contributed by atoms with van der Waals surface area (Å²) < 4.78 is 13.2. The summed E-state index contributed by atoms with van der Waals surface area (Å²) in [7, 11) is 0. The maximum atomic E-state index is 13.2. The summed E-state index contributed by atoms with van der Waals surface area (Å²) in [4.78, 5) is 23.4. The molecule has 0 radical (unpaired) electrons. The summed E-state index contributed by atoms with van der Waals surface area (Å²) in [6.07, 6.45) is 1.99. The third-order valence-electron chi connectivity index (χ3n) is 3.00. The van der Waals surface area contributed by atoms with Crippen molar-refractivity contribution in [1.82, 2.24) is 4.90 Å². The third kappa shape index (κ3) is 3.40. The minimum Gasteiger partial charge on any atom is -0.376 e. The topological polar surface area (TPSA) is 75.5 Å². The Labute approximate surface area is 109 Å². The van der Waals surface area contributed by atoms with Gasteiger partial charge in [-0.25, -0.2) is 4.39 Å². The fourth-order valence-electron chi connectivity index (χ4n) is 2.04. The summed E-state index contributed by atoms with van der Waals surface area (Å²) in [6.45, 7) is 1.49. The first kappa shape index (κ1) is 13.3. The lowest BCUT2D eigenvalue weighted by Gasteiger charge is -2.15. The van der Waals surface area contributed by atoms with E-state index >= 15 is 0 Å². The van der Waals surface area contributed by atoms with Gasteiger partial charge in [0.15, 0.2) is 0 Å². The Bertz CT molecular complexity index is 501. The predicted molar refractivity (Wildman–Crippen MR) is 67.4 cm³/mol. The van der Waals surface area contributed by atoms with Crippen LogP contribution in [-0.2, 0) is 4.79 Å². The van der Waals surface area contributed by atoms with E-state index in [1.54, 1.807) is 4.90 Å². The number of nitro groups is 1. The van der Waals surface area contributed by atoms with Crippen molar-refractivity contribution in [1.29, 1.82) is 0 Å². The molecule has 1 heterocycles. The molecule has 0 unspecified atom stereocenters. The second kappa shape index (κ2) is 5.64. The number of likely N-dealkylation sites (tertiary alicyclic amines) is 1. The summed E-state index contributed by atoms with van der Waals surface area (Å²) in [6, 6.07) is 3.18. The van der Waals surface area contributed by atoms with Crippen molar-refractivity contribution >= 4 is 17.3 Å². The maximum Gasteiger partial charge on any atom is 0.274 e. The van der Waals surface area contributed by atoms with Crippen LogP contribution < -0.4 is 5.32 Å². The normalized spacial score (nSPS) is 14.5. The second-order valence-corrected chi connectivity index (χ2v) is 4.40. The molecule has 19 heavy (non-hydrogen) atoms. The Morgan fingerprint density at radius 2 is 2.05 bits per heavy atom. The number of nitrogens with one attached hydrogen (secondary N) is 1. The van der Waals surface area contributed by atoms with E-state index in [0.717, 1.165) is 38.1 Å². The molecule has 0 spiro atoms. The largest absolute Gasteiger partial charge is 0.376 e. The zero-order valence-electron chi connectivity index (χ0n) is 10.3. The van der Waals surface area contributed by atoms with Crippen LogP contribution in [0.3, 0.4) is 0 Å². The molecule has 1 fully saturated rings. The monoisotopic (exact) mass is 267 g/mol. The van der Waals surface area contributed by atoms with Gasteiger partial charge in [-0.15, -0.1) is 0 Å². The van der Waals surface area contributed by atoms with Crippen molar-refractivity contribution in [2.24, 2.45) is 0 Å². The quantitative estimate of drug-likeness (QED) is 0.666. The van der Waals surface area contributed by atoms with Crippen LogP contribution in [0.4, 0.5) is 15.8 Å². The number of nitrogens with zero attached hydrogens (tertiary/aromatic N) is 2. The Balaban J connectivity index is 1.98. The highest BCUT2D eigenvalue weighted by Gasteiger charge is 2.17. The number of hydrogen-bond acceptors (Lipinski definition) is 4. The predicted octanol–water partition coefficient (Wildman–Crippen LogP) is 1.77. The lowest BCUT2D eigenvalue weighted by atomic mass is 10.2. The Kier molecular flexibility index (Phi) is 3.94. The molecule has 1 aromatic carbocycles. The van der Waals surface area contributed by atoms with Gasteiger partial charge in [0.25, 0.3) is 5.69 Å². The van der Waals surface area contributed by atoms with E-state index in [0.29, 0.717) is 0 Å². The van der Waals surface area contributed by atoms with Gasteiger partial charge in [0.05, 0.1) is 17.5 Å². The molecule has 1 N–H and O–H groups in total. The van der Waals surface area contributed by atoms with Crippen LogP contribution >= 0.6 is 0 Å². The number of carbonyl (C=O) groups is 1. The standard InChI is InChI=1S/C12H14FN3O3/c13-9-5-10(7-11(6-9)16(18)19)14-8-12(17)15-3-1-2-4-15/h5-7,14H,1-4,8H2. The molecule has 0 atom stereocenters. The van der Waals surface area contributed by atoms with Gasteiger partial charge < -0.3 is 10.2 Å². The van der Waals surface area contributed by atoms with Crippen LogP contribution in [-0.4, -0.2) is 35.4 Å². The zero-order chi connectivity index (χ0) is 13.8. The number of non-ortho nitro benzene ring substituents is 1. The van der Waals surface area contributed by atoms with Gasteiger partial charge in [-0.1, -0.05) is 0 Å². The van der Waals surface area contributed by atoms with Crippen LogP contribution in [0.25, 0.3) is 0 Å². The SMILES string of the molecule is O=C(CNc1cc(F)cc([N+](=O)[O-])c1)N1CCCC1. The number of carbonyl (C=O) groups excluding carboxylic acids is 1. The van der Waals surface area contributed by atoms with Crippen LogP contribution in [0, 0.1) is 15.9 Å². The van der Waals surface area contributed by atoms with Crippen molar-refractivity contribution in [3.63, 3.8) is 0 Å². The first-order valence-corrected chi connectivity index (χ1v) is 6.03. The van der Waals surface area contributed by atoms with Crippen LogP contribution in [0.1, 0.15) is 12.8 Å². The average molecular weight is 267 g/mol. The Morgan fingerprint density at radius 3 is 2.68 bits per heavy atom. The molecule has 0 aliphatic carbocycles. The summed E-state index contributed by atoms with van der Waals surface area (Å²) in [5.74, 6) is -0.783. The van der Waals surface area contributed by atoms with E-state index < -0.39 is 10.7 Å². The Hall–Kier alpha value is -2.18. The lowest BCUT2D eigenvalue weighted by molar-refractivity contribution is -0.385. The molecular formula is C12H14FN3O3. The van der Waals surface area contributed by atoms with Gasteiger partial charge in [-0.05, 0) is 18.9 Å². The molecule has 102 valence electrons. The van der Waals surface area contributed by atoms with E-state index in [2.05, 4.69) is 5.32 Å². The van der Waals surface area contributed by atoms with Crippen molar-refractivity contribution < 1.29 is 14.1 Å². The molecule has 1 aliphatic heterocycles. The Morgan fingerprint density at radius 1 is 1.37 bits per heavy atom. The van der Waals surface area contributed by atoms with Crippen molar-refractivity contribution in [2.75, 3.05) is 25.0 Å². The van der Waals surface area contributed by atoms with Gasteiger partial charge in [-0.2, -0.15) is 0 Å². The zero-order valence-corrected chi connectivity index (χ0v) is 10.3. The van der Waals surface area contributed by atoms with Gasteiger partial charge >= 0.3 is 0 Å². The minimum atomic E-state index is -0.703. The van der Waals surface area contributed by atoms with Crippen LogP contribution in [0.2, 0.25) is 0 Å². The molecule has 6 nitrogen and oxygen atoms in total. The fraction of sp³-hybridized carbons (Fsp3) is 0.417. The van der Waals surface area contributed by atoms with E-state index in [9.17, 15) is 19.3 Å². The smallest absolute Gasteiger partial charge is 0.274 e. The molecule has 1 aliphatic rings. The van der Waals surface area contributed by atoms with Crippen LogP contribution in [0.15, 0.2) is 18.2 Å². The molecule has 0 bridgehead atoms. The number of amides is 1. The van der Waals surface area contributed by atoms with Crippen molar-refractivity contribution in [2.45, 2.75) is 12.8 Å². The average Bonchev–Trinajstić information content (AvgIpc) is 2.89. The molecule has 1 aromatic rings. The first-order chi connectivity index (χ1) is 9.06. The van der Waals surface area contributed by atoms with Crippen molar-refractivity contribution in [3.8, 4) is 0 Å². The number of anilines is 1. The summed E-state index contributed by atoms with van der Waals surface area (Å²) in [5, 5.41) is 13.3. The van der Waals surface area contributed by atoms with Gasteiger partial charge in [-0.3, -0.25) is 14.9 Å². The molecule has 0 aromatic heterocycles. The van der Waals surface area contributed by atoms with E-state index in [4.69, 9.17) is 0 Å². The highest BCUT2D eigenvalue weighted by atomic mass is 19.1. The van der Waals surface area contributed by atoms with Gasteiger partial charge in [0.1, 0.15) is 5.82 Å². The van der Waals surface area contributed by atoms with E-state index in [-0.39, 0.29) is 23.8 Å². The maximum absolute atomic E-state index is 13.2. The molecule has 1 saturated heterocycles. The molecule has 0 saturated carbocycles. The first-order valence-electron chi connectivity index (χ1n) is 6.03. The van der Waals surface area contributed by atoms with E-state index in [1.807, 2.05) is 0 Å². The number of nitro benzene ring substituents is 1. The number of benzene rings is 1. The fourth-order valence-corrected chi connectivity index (χ4v) is 2.04. The third-order valence-corrected chi connectivity index (χ3v) is 3.00. The molecule has 2 rings (SSSR count). The molecule has 1 amide bonds. The highest BCUT2D eigenvalue weighted by molar-refractivity contribution is 5.81. The van der Waals surface area contributed by atoms with Crippen molar-refractivity contribution in [3.05, 3.63) is 34.1 Å². The molecule has 7 heteroatoms. The number of halogens is 1. The van der Waals surface area contributed by atoms with Crippen LogP contribution in [0.5, 0.6) is 0 Å². The number of hydrogen-bond donors (Lipinski definition) is 1. The molecular weight excluding hydrogens is 253 g/mol. The van der Waals surface area contributed by atoms with Gasteiger partial charge in [0.2, 0.25) is 5.91 Å². The number of rotatable bonds is 4.